The first kappa shape index (κ1) is 13.6. The van der Waals surface area contributed by atoms with Crippen LogP contribution in [0.25, 0.3) is 16.5 Å². The lowest BCUT2D eigenvalue weighted by Gasteiger charge is -2.14. The fraction of sp³-hybridized carbons (Fsp3) is 0.167. The van der Waals surface area contributed by atoms with E-state index in [1.165, 1.54) is 12.1 Å². The molecule has 3 rings (SSSR count). The molecule has 0 radical (unpaired) electrons. The van der Waals surface area contributed by atoms with Crippen LogP contribution in [0.1, 0.15) is 18.2 Å². The second-order valence-electron chi connectivity index (χ2n) is 5.15. The normalized spacial score (nSPS) is 11.0. The summed E-state index contributed by atoms with van der Waals surface area (Å²) in [5.41, 5.74) is 2.53. The van der Waals surface area contributed by atoms with Crippen molar-refractivity contribution in [1.82, 2.24) is 4.57 Å². The predicted molar refractivity (Wildman–Crippen MR) is 83.6 cm³/mol. The predicted octanol–water partition coefficient (Wildman–Crippen LogP) is 4.00. The molecule has 0 aliphatic rings. The molecule has 0 unspecified atom stereocenters. The molecule has 0 saturated carbocycles. The minimum absolute atomic E-state index is 0.0472. The maximum atomic E-state index is 13.1. The Kier molecular flexibility index (Phi) is 3.34. The van der Waals surface area contributed by atoms with E-state index in [0.29, 0.717) is 5.69 Å². The highest BCUT2D eigenvalue weighted by Gasteiger charge is 2.11. The van der Waals surface area contributed by atoms with Crippen molar-refractivity contribution in [3.63, 3.8) is 0 Å². The smallest absolute Gasteiger partial charge is 0.263 e. The summed E-state index contributed by atoms with van der Waals surface area (Å²) in [6, 6.07) is 13.9. The number of rotatable bonds is 2. The van der Waals surface area contributed by atoms with Crippen molar-refractivity contribution in [2.75, 3.05) is 0 Å². The van der Waals surface area contributed by atoms with Gasteiger partial charge >= 0.3 is 0 Å². The summed E-state index contributed by atoms with van der Waals surface area (Å²) in [6.07, 6.45) is 0.733. The van der Waals surface area contributed by atoms with Gasteiger partial charge in [-0.15, -0.1) is 0 Å². The van der Waals surface area contributed by atoms with Gasteiger partial charge in [0.05, 0.1) is 5.39 Å². The van der Waals surface area contributed by atoms with Crippen LogP contribution in [0.5, 0.6) is 0 Å². The van der Waals surface area contributed by atoms with Crippen molar-refractivity contribution in [2.24, 2.45) is 0 Å². The van der Waals surface area contributed by atoms with E-state index in [2.05, 4.69) is 0 Å². The summed E-state index contributed by atoms with van der Waals surface area (Å²) in [5, 5.41) is 1.68. The number of fused-ring (bicyclic) bond motifs is 1. The minimum Gasteiger partial charge on any atom is -0.281 e. The van der Waals surface area contributed by atoms with Crippen LogP contribution in [0.4, 0.5) is 4.39 Å². The van der Waals surface area contributed by atoms with Gasteiger partial charge in [-0.05, 0) is 54.6 Å². The van der Waals surface area contributed by atoms with E-state index in [9.17, 15) is 9.18 Å². The standard InChI is InChI=1S/C18H16FNO/c1-3-15-11-13-6-4-5-12(2)17(13)18(21)20(15)16-9-7-14(19)8-10-16/h4-11H,3H2,1-2H3. The van der Waals surface area contributed by atoms with E-state index in [-0.39, 0.29) is 11.4 Å². The third-order valence-corrected chi connectivity index (χ3v) is 3.78. The second kappa shape index (κ2) is 5.17. The van der Waals surface area contributed by atoms with Crippen molar-refractivity contribution in [2.45, 2.75) is 20.3 Å². The molecule has 0 saturated heterocycles. The molecule has 1 heterocycles. The van der Waals surface area contributed by atoms with Crippen LogP contribution in [0.2, 0.25) is 0 Å². The number of benzene rings is 2. The Balaban J connectivity index is 2.41. The molecule has 2 aromatic carbocycles. The Morgan fingerprint density at radius 3 is 2.48 bits per heavy atom. The summed E-state index contributed by atoms with van der Waals surface area (Å²) in [4.78, 5) is 12.9. The topological polar surface area (TPSA) is 22.0 Å². The maximum absolute atomic E-state index is 13.1. The lowest BCUT2D eigenvalue weighted by molar-refractivity contribution is 0.627. The molecule has 0 amide bonds. The molecule has 0 fully saturated rings. The molecular formula is C18H16FNO. The lowest BCUT2D eigenvalue weighted by Crippen LogP contribution is -2.22. The molecule has 0 aliphatic carbocycles. The molecule has 1 aromatic heterocycles. The number of aromatic nitrogens is 1. The molecule has 21 heavy (non-hydrogen) atoms. The Bertz CT molecular complexity index is 863. The fourth-order valence-electron chi connectivity index (χ4n) is 2.72. The third-order valence-electron chi connectivity index (χ3n) is 3.78. The van der Waals surface area contributed by atoms with Gasteiger partial charge in [0.2, 0.25) is 0 Å². The molecule has 2 nitrogen and oxygen atoms in total. The summed E-state index contributed by atoms with van der Waals surface area (Å²) in [7, 11) is 0. The molecule has 0 atom stereocenters. The van der Waals surface area contributed by atoms with E-state index in [0.717, 1.165) is 28.5 Å². The molecule has 3 aromatic rings. The molecule has 3 heteroatoms. The summed E-state index contributed by atoms with van der Waals surface area (Å²) in [6.45, 7) is 3.95. The van der Waals surface area contributed by atoms with Crippen molar-refractivity contribution in [1.29, 1.82) is 0 Å². The van der Waals surface area contributed by atoms with Gasteiger partial charge in [-0.2, -0.15) is 0 Å². The van der Waals surface area contributed by atoms with Crippen molar-refractivity contribution in [3.05, 3.63) is 76.0 Å². The third kappa shape index (κ3) is 2.25. The first-order chi connectivity index (χ1) is 10.1. The van der Waals surface area contributed by atoms with E-state index >= 15 is 0 Å². The number of aryl methyl sites for hydroxylation is 2. The highest BCUT2D eigenvalue weighted by atomic mass is 19.1. The molecule has 0 bridgehead atoms. The summed E-state index contributed by atoms with van der Waals surface area (Å²) >= 11 is 0. The first-order valence-corrected chi connectivity index (χ1v) is 7.02. The largest absolute Gasteiger partial charge is 0.281 e. The SMILES string of the molecule is CCc1cc2cccc(C)c2c(=O)n1-c1ccc(F)cc1. The number of nitrogens with zero attached hydrogens (tertiary/aromatic N) is 1. The Morgan fingerprint density at radius 1 is 1.10 bits per heavy atom. The van der Waals surface area contributed by atoms with Gasteiger partial charge in [0.15, 0.2) is 0 Å². The monoisotopic (exact) mass is 281 g/mol. The van der Waals surface area contributed by atoms with Gasteiger partial charge in [-0.3, -0.25) is 9.36 Å². The van der Waals surface area contributed by atoms with Crippen LogP contribution in [-0.4, -0.2) is 4.57 Å². The van der Waals surface area contributed by atoms with E-state index in [1.54, 1.807) is 16.7 Å². The van der Waals surface area contributed by atoms with Crippen LogP contribution in [-0.2, 0) is 6.42 Å². The van der Waals surface area contributed by atoms with Crippen LogP contribution in [0, 0.1) is 12.7 Å². The zero-order chi connectivity index (χ0) is 15.0. The minimum atomic E-state index is -0.304. The van der Waals surface area contributed by atoms with E-state index in [4.69, 9.17) is 0 Å². The zero-order valence-corrected chi connectivity index (χ0v) is 12.1. The average molecular weight is 281 g/mol. The molecule has 0 aliphatic heterocycles. The maximum Gasteiger partial charge on any atom is 0.263 e. The van der Waals surface area contributed by atoms with Crippen molar-refractivity contribution in [3.8, 4) is 5.69 Å². The number of halogens is 1. The Hall–Kier alpha value is -2.42. The molecule has 0 N–H and O–H groups in total. The van der Waals surface area contributed by atoms with Gasteiger partial charge in [0.25, 0.3) is 5.56 Å². The summed E-state index contributed by atoms with van der Waals surface area (Å²) < 4.78 is 14.8. The average Bonchev–Trinajstić information content (AvgIpc) is 2.48. The van der Waals surface area contributed by atoms with Crippen LogP contribution < -0.4 is 5.56 Å². The van der Waals surface area contributed by atoms with Gasteiger partial charge in [0, 0.05) is 11.4 Å². The summed E-state index contributed by atoms with van der Waals surface area (Å²) in [5.74, 6) is -0.304. The number of hydrogen-bond acceptors (Lipinski definition) is 1. The number of pyridine rings is 1. The van der Waals surface area contributed by atoms with E-state index < -0.39 is 0 Å². The number of hydrogen-bond donors (Lipinski definition) is 0. The van der Waals surface area contributed by atoms with Gasteiger partial charge in [-0.1, -0.05) is 25.1 Å². The lowest BCUT2D eigenvalue weighted by atomic mass is 10.1. The molecule has 0 spiro atoms. The van der Waals surface area contributed by atoms with Gasteiger partial charge in [-0.25, -0.2) is 4.39 Å². The first-order valence-electron chi connectivity index (χ1n) is 7.02. The van der Waals surface area contributed by atoms with E-state index in [1.807, 2.05) is 38.1 Å². The highest BCUT2D eigenvalue weighted by molar-refractivity contribution is 5.85. The van der Waals surface area contributed by atoms with Crippen LogP contribution >= 0.6 is 0 Å². The molecular weight excluding hydrogens is 265 g/mol. The van der Waals surface area contributed by atoms with Gasteiger partial charge in [0.1, 0.15) is 5.82 Å². The Labute approximate surface area is 122 Å². The van der Waals surface area contributed by atoms with Crippen LogP contribution in [0.3, 0.4) is 0 Å². The van der Waals surface area contributed by atoms with Gasteiger partial charge < -0.3 is 0 Å². The van der Waals surface area contributed by atoms with Crippen LogP contribution in [0.15, 0.2) is 53.3 Å². The fourth-order valence-corrected chi connectivity index (χ4v) is 2.72. The Morgan fingerprint density at radius 2 is 1.81 bits per heavy atom. The quantitative estimate of drug-likeness (QED) is 0.696. The van der Waals surface area contributed by atoms with Crippen molar-refractivity contribution >= 4 is 10.8 Å². The van der Waals surface area contributed by atoms with Crippen molar-refractivity contribution < 1.29 is 4.39 Å². The highest BCUT2D eigenvalue weighted by Crippen LogP contribution is 2.19. The second-order valence-corrected chi connectivity index (χ2v) is 5.15. The molecule has 106 valence electrons. The zero-order valence-electron chi connectivity index (χ0n) is 12.1.